The van der Waals surface area contributed by atoms with Gasteiger partial charge in [-0.25, -0.2) is 13.1 Å². The Morgan fingerprint density at radius 2 is 2.24 bits per heavy atom. The quantitative estimate of drug-likeness (QED) is 0.824. The number of hydrogen-bond donors (Lipinski definition) is 2. The average Bonchev–Trinajstić information content (AvgIpc) is 2.85. The maximum Gasteiger partial charge on any atom is 0.329 e. The number of hydrogen-bond acceptors (Lipinski definition) is 6. The lowest BCUT2D eigenvalue weighted by atomic mass is 10.2. The molecule has 2 heterocycles. The Labute approximate surface area is 100 Å². The van der Waals surface area contributed by atoms with Gasteiger partial charge in [0.05, 0.1) is 11.3 Å². The third-order valence-corrected chi connectivity index (χ3v) is 4.35. The van der Waals surface area contributed by atoms with Gasteiger partial charge >= 0.3 is 6.01 Å². The highest BCUT2D eigenvalue weighted by molar-refractivity contribution is 7.93. The van der Waals surface area contributed by atoms with Crippen LogP contribution in [0.4, 0.5) is 6.01 Å². The minimum Gasteiger partial charge on any atom is -0.406 e. The van der Waals surface area contributed by atoms with Gasteiger partial charge in [-0.15, -0.1) is 5.10 Å². The van der Waals surface area contributed by atoms with Crippen LogP contribution in [0.1, 0.15) is 38.6 Å². The van der Waals surface area contributed by atoms with Gasteiger partial charge in [-0.3, -0.25) is 0 Å². The number of sulfonamides is 1. The summed E-state index contributed by atoms with van der Waals surface area (Å²) in [4.78, 5) is 0. The Hall–Kier alpha value is -1.15. The van der Waals surface area contributed by atoms with Crippen LogP contribution in [-0.4, -0.2) is 30.4 Å². The van der Waals surface area contributed by atoms with Crippen molar-refractivity contribution in [2.75, 3.05) is 11.3 Å². The molecule has 8 heteroatoms. The Morgan fingerprint density at radius 1 is 1.47 bits per heavy atom. The van der Waals surface area contributed by atoms with E-state index in [2.05, 4.69) is 20.2 Å². The fourth-order valence-corrected chi connectivity index (χ4v) is 2.11. The first-order valence-electron chi connectivity index (χ1n) is 5.57. The van der Waals surface area contributed by atoms with Crippen LogP contribution in [-0.2, 0) is 10.0 Å². The molecule has 0 aromatic carbocycles. The number of anilines is 1. The molecule has 0 amide bonds. The van der Waals surface area contributed by atoms with Gasteiger partial charge in [-0.2, -0.15) is 0 Å². The van der Waals surface area contributed by atoms with Crippen LogP contribution in [0.15, 0.2) is 4.42 Å². The lowest BCUT2D eigenvalue weighted by Gasteiger charge is -2.06. The third kappa shape index (κ3) is 2.75. The van der Waals surface area contributed by atoms with Crippen molar-refractivity contribution >= 4 is 16.0 Å². The average molecular weight is 260 g/mol. The number of aromatic nitrogens is 2. The minimum atomic E-state index is -3.43. The Kier molecular flexibility index (Phi) is 3.34. The SMILES string of the molecule is CC(C)S(=O)(=O)Nc1nnc(C2CCCN2)o1. The molecule has 0 spiro atoms. The normalized spacial score (nSPS) is 21.0. The minimum absolute atomic E-state index is 0.0415. The molecule has 2 rings (SSSR count). The van der Waals surface area contributed by atoms with Crippen molar-refractivity contribution in [2.24, 2.45) is 0 Å². The zero-order chi connectivity index (χ0) is 12.5. The van der Waals surface area contributed by atoms with Gasteiger partial charge in [0, 0.05) is 0 Å². The molecule has 1 fully saturated rings. The maximum atomic E-state index is 11.6. The van der Waals surface area contributed by atoms with Gasteiger partial charge in [0.2, 0.25) is 15.9 Å². The van der Waals surface area contributed by atoms with Crippen molar-refractivity contribution in [2.45, 2.75) is 38.0 Å². The van der Waals surface area contributed by atoms with Crippen LogP contribution in [0.25, 0.3) is 0 Å². The van der Waals surface area contributed by atoms with Crippen molar-refractivity contribution < 1.29 is 12.8 Å². The highest BCUT2D eigenvalue weighted by Crippen LogP contribution is 2.23. The van der Waals surface area contributed by atoms with E-state index in [1.54, 1.807) is 13.8 Å². The molecule has 0 saturated carbocycles. The van der Waals surface area contributed by atoms with E-state index in [-0.39, 0.29) is 12.1 Å². The van der Waals surface area contributed by atoms with Gasteiger partial charge in [0.1, 0.15) is 0 Å². The van der Waals surface area contributed by atoms with Crippen LogP contribution in [0.2, 0.25) is 0 Å². The summed E-state index contributed by atoms with van der Waals surface area (Å²) in [7, 11) is -3.43. The molecule has 96 valence electrons. The van der Waals surface area contributed by atoms with Crippen molar-refractivity contribution in [3.05, 3.63) is 5.89 Å². The lowest BCUT2D eigenvalue weighted by molar-refractivity contribution is 0.439. The van der Waals surface area contributed by atoms with Crippen molar-refractivity contribution in [1.29, 1.82) is 0 Å². The van der Waals surface area contributed by atoms with Gasteiger partial charge in [-0.05, 0) is 33.2 Å². The van der Waals surface area contributed by atoms with Crippen LogP contribution in [0.3, 0.4) is 0 Å². The molecule has 0 aliphatic carbocycles. The van der Waals surface area contributed by atoms with Crippen molar-refractivity contribution in [3.63, 3.8) is 0 Å². The van der Waals surface area contributed by atoms with Crippen molar-refractivity contribution in [1.82, 2.24) is 15.5 Å². The molecule has 1 saturated heterocycles. The topological polar surface area (TPSA) is 97.1 Å². The second kappa shape index (κ2) is 4.61. The smallest absolute Gasteiger partial charge is 0.329 e. The van der Waals surface area contributed by atoms with Crippen molar-refractivity contribution in [3.8, 4) is 0 Å². The standard InChI is InChI=1S/C9H16N4O3S/c1-6(2)17(14,15)13-9-12-11-8(16-9)7-4-3-5-10-7/h6-7,10H,3-5H2,1-2H3,(H,12,13). The summed E-state index contributed by atoms with van der Waals surface area (Å²) in [6, 6.07) is -0.0257. The zero-order valence-corrected chi connectivity index (χ0v) is 10.6. The highest BCUT2D eigenvalue weighted by Gasteiger charge is 2.24. The zero-order valence-electron chi connectivity index (χ0n) is 9.80. The van der Waals surface area contributed by atoms with Crippen LogP contribution < -0.4 is 10.0 Å². The van der Waals surface area contributed by atoms with Gasteiger partial charge in [0.25, 0.3) is 0 Å². The molecule has 1 aliphatic heterocycles. The fraction of sp³-hybridized carbons (Fsp3) is 0.778. The van der Waals surface area contributed by atoms with E-state index in [1.807, 2.05) is 0 Å². The molecule has 7 nitrogen and oxygen atoms in total. The van der Waals surface area contributed by atoms with Gasteiger partial charge < -0.3 is 9.73 Å². The monoisotopic (exact) mass is 260 g/mol. The van der Waals surface area contributed by atoms with Crippen LogP contribution in [0.5, 0.6) is 0 Å². The third-order valence-electron chi connectivity index (χ3n) is 2.65. The van der Waals surface area contributed by atoms with E-state index < -0.39 is 15.3 Å². The van der Waals surface area contributed by atoms with E-state index in [0.29, 0.717) is 5.89 Å². The van der Waals surface area contributed by atoms with E-state index >= 15 is 0 Å². The van der Waals surface area contributed by atoms with E-state index in [1.165, 1.54) is 0 Å². The lowest BCUT2D eigenvalue weighted by Crippen LogP contribution is -2.22. The second-order valence-corrected chi connectivity index (χ2v) is 6.53. The Morgan fingerprint density at radius 3 is 2.82 bits per heavy atom. The second-order valence-electron chi connectivity index (χ2n) is 4.29. The number of rotatable bonds is 4. The summed E-state index contributed by atoms with van der Waals surface area (Å²) in [5.41, 5.74) is 0. The number of nitrogens with one attached hydrogen (secondary N) is 2. The predicted octanol–water partition coefficient (Wildman–Crippen LogP) is 0.644. The molecule has 0 radical (unpaired) electrons. The molecule has 1 unspecified atom stereocenters. The number of nitrogens with zero attached hydrogens (tertiary/aromatic N) is 2. The van der Waals surface area contributed by atoms with E-state index in [0.717, 1.165) is 19.4 Å². The molecular formula is C9H16N4O3S. The predicted molar refractivity (Wildman–Crippen MR) is 62.0 cm³/mol. The van der Waals surface area contributed by atoms with E-state index in [4.69, 9.17) is 4.42 Å². The highest BCUT2D eigenvalue weighted by atomic mass is 32.2. The van der Waals surface area contributed by atoms with Crippen LogP contribution >= 0.6 is 0 Å². The first-order valence-corrected chi connectivity index (χ1v) is 7.12. The largest absolute Gasteiger partial charge is 0.406 e. The molecule has 1 aliphatic rings. The summed E-state index contributed by atoms with van der Waals surface area (Å²) in [5, 5.41) is 10.2. The summed E-state index contributed by atoms with van der Waals surface area (Å²) in [6.07, 6.45) is 1.98. The first-order chi connectivity index (χ1) is 7.99. The molecule has 1 aromatic rings. The molecule has 17 heavy (non-hydrogen) atoms. The summed E-state index contributed by atoms with van der Waals surface area (Å²) in [6.45, 7) is 4.08. The van der Waals surface area contributed by atoms with Gasteiger partial charge in [-0.1, -0.05) is 5.10 Å². The molecule has 1 atom stereocenters. The molecule has 2 N–H and O–H groups in total. The Balaban J connectivity index is 2.08. The molecule has 0 bridgehead atoms. The summed E-state index contributed by atoms with van der Waals surface area (Å²) >= 11 is 0. The summed E-state index contributed by atoms with van der Waals surface area (Å²) < 4.78 is 30.7. The van der Waals surface area contributed by atoms with Crippen LogP contribution in [0, 0.1) is 0 Å². The maximum absolute atomic E-state index is 11.6. The fourth-order valence-electron chi connectivity index (χ4n) is 1.55. The molecular weight excluding hydrogens is 244 g/mol. The van der Waals surface area contributed by atoms with E-state index in [9.17, 15) is 8.42 Å². The summed E-state index contributed by atoms with van der Waals surface area (Å²) in [5.74, 6) is 0.434. The Bertz CT molecular complexity index is 476. The molecule has 1 aromatic heterocycles. The first kappa shape index (κ1) is 12.3. The van der Waals surface area contributed by atoms with Gasteiger partial charge in [0.15, 0.2) is 0 Å².